The fraction of sp³-hybridized carbons (Fsp3) is 0.143. The van der Waals surface area contributed by atoms with E-state index >= 15 is 0 Å². The first-order chi connectivity index (χ1) is 13.1. The third kappa shape index (κ3) is 2.95. The Hall–Kier alpha value is -3.54. The van der Waals surface area contributed by atoms with Crippen molar-refractivity contribution in [3.8, 4) is 5.69 Å². The zero-order chi connectivity index (χ0) is 19.0. The number of amides is 1. The van der Waals surface area contributed by atoms with Crippen molar-refractivity contribution in [3.63, 3.8) is 0 Å². The smallest absolute Gasteiger partial charge is 0.295 e. The number of para-hydroxylation sites is 2. The van der Waals surface area contributed by atoms with Crippen molar-refractivity contribution in [2.75, 3.05) is 5.32 Å². The summed E-state index contributed by atoms with van der Waals surface area (Å²) in [5.41, 5.74) is 3.42. The summed E-state index contributed by atoms with van der Waals surface area (Å²) in [6.45, 7) is 1.82. The summed E-state index contributed by atoms with van der Waals surface area (Å²) in [6, 6.07) is 17.2. The van der Waals surface area contributed by atoms with Gasteiger partial charge in [0.15, 0.2) is 0 Å². The summed E-state index contributed by atoms with van der Waals surface area (Å²) < 4.78 is 3.30. The Morgan fingerprint density at radius 2 is 1.78 bits per heavy atom. The van der Waals surface area contributed by atoms with Crippen LogP contribution in [0.15, 0.2) is 65.6 Å². The fourth-order valence-electron chi connectivity index (χ4n) is 3.35. The van der Waals surface area contributed by atoms with Crippen molar-refractivity contribution in [3.05, 3.63) is 82.4 Å². The molecule has 0 saturated carbocycles. The molecule has 4 aromatic rings. The second kappa shape index (κ2) is 6.64. The molecule has 136 valence electrons. The van der Waals surface area contributed by atoms with Gasteiger partial charge in [-0.1, -0.05) is 36.4 Å². The molecule has 27 heavy (non-hydrogen) atoms. The maximum atomic E-state index is 12.9. The van der Waals surface area contributed by atoms with Gasteiger partial charge in [-0.3, -0.25) is 14.3 Å². The van der Waals surface area contributed by atoms with E-state index in [4.69, 9.17) is 0 Å². The zero-order valence-electron chi connectivity index (χ0n) is 15.2. The number of hydrogen-bond acceptors (Lipinski definition) is 2. The first-order valence-electron chi connectivity index (χ1n) is 8.75. The molecule has 0 bridgehead atoms. The molecule has 0 fully saturated rings. The molecular weight excluding hydrogens is 340 g/mol. The molecular formula is C21H20N4O2. The van der Waals surface area contributed by atoms with Gasteiger partial charge in [-0.15, -0.1) is 0 Å². The number of aromatic amines is 1. The first kappa shape index (κ1) is 16.9. The van der Waals surface area contributed by atoms with E-state index in [1.54, 1.807) is 16.4 Å². The van der Waals surface area contributed by atoms with Gasteiger partial charge in [0.25, 0.3) is 5.56 Å². The Morgan fingerprint density at radius 3 is 2.56 bits per heavy atom. The van der Waals surface area contributed by atoms with Crippen molar-refractivity contribution in [1.29, 1.82) is 0 Å². The highest BCUT2D eigenvalue weighted by Crippen LogP contribution is 2.19. The highest BCUT2D eigenvalue weighted by molar-refractivity contribution is 5.96. The second-order valence-electron chi connectivity index (χ2n) is 6.52. The number of carbonyl (C=O) groups excluding carboxylic acids is 1. The lowest BCUT2D eigenvalue weighted by molar-refractivity contribution is -0.115. The number of hydrogen-bond donors (Lipinski definition) is 2. The van der Waals surface area contributed by atoms with E-state index in [2.05, 4.69) is 10.3 Å². The average Bonchev–Trinajstić information content (AvgIpc) is 3.17. The molecule has 4 rings (SSSR count). The number of aromatic nitrogens is 3. The highest BCUT2D eigenvalue weighted by atomic mass is 16.2. The third-order valence-corrected chi connectivity index (χ3v) is 4.84. The molecule has 6 heteroatoms. The summed E-state index contributed by atoms with van der Waals surface area (Å²) >= 11 is 0. The van der Waals surface area contributed by atoms with Gasteiger partial charge in [-0.05, 0) is 30.7 Å². The average molecular weight is 360 g/mol. The molecule has 0 aliphatic carbocycles. The largest absolute Gasteiger partial charge is 0.361 e. The third-order valence-electron chi connectivity index (χ3n) is 4.84. The molecule has 6 nitrogen and oxygen atoms in total. The van der Waals surface area contributed by atoms with E-state index < -0.39 is 0 Å². The number of fused-ring (bicyclic) bond motifs is 1. The van der Waals surface area contributed by atoms with E-state index in [-0.39, 0.29) is 17.9 Å². The van der Waals surface area contributed by atoms with Crippen molar-refractivity contribution >= 4 is 22.5 Å². The monoisotopic (exact) mass is 360 g/mol. The fourth-order valence-corrected chi connectivity index (χ4v) is 3.35. The van der Waals surface area contributed by atoms with Gasteiger partial charge in [0.05, 0.1) is 17.8 Å². The van der Waals surface area contributed by atoms with Gasteiger partial charge in [0, 0.05) is 24.1 Å². The minimum atomic E-state index is -0.242. The molecule has 0 unspecified atom stereocenters. The van der Waals surface area contributed by atoms with Crippen LogP contribution in [0.1, 0.15) is 11.3 Å². The summed E-state index contributed by atoms with van der Waals surface area (Å²) in [4.78, 5) is 28.7. The Balaban J connectivity index is 1.63. The lowest BCUT2D eigenvalue weighted by atomic mass is 10.1. The number of nitrogens with zero attached hydrogens (tertiary/aromatic N) is 2. The molecule has 2 aromatic carbocycles. The minimum absolute atomic E-state index is 0.198. The molecule has 2 N–H and O–H groups in total. The number of H-pyrrole nitrogens is 1. The van der Waals surface area contributed by atoms with Gasteiger partial charge < -0.3 is 10.3 Å². The van der Waals surface area contributed by atoms with Crippen LogP contribution in [-0.2, 0) is 18.3 Å². The summed E-state index contributed by atoms with van der Waals surface area (Å²) in [5.74, 6) is -0.217. The normalized spacial score (nSPS) is 11.0. The van der Waals surface area contributed by atoms with Crippen LogP contribution in [0.2, 0.25) is 0 Å². The van der Waals surface area contributed by atoms with Gasteiger partial charge >= 0.3 is 0 Å². The van der Waals surface area contributed by atoms with Crippen LogP contribution in [-0.4, -0.2) is 20.3 Å². The maximum absolute atomic E-state index is 12.9. The molecule has 0 aliphatic heterocycles. The van der Waals surface area contributed by atoms with Crippen molar-refractivity contribution < 1.29 is 4.79 Å². The highest BCUT2D eigenvalue weighted by Gasteiger charge is 2.18. The van der Waals surface area contributed by atoms with Crippen molar-refractivity contribution in [2.24, 2.45) is 7.05 Å². The summed E-state index contributed by atoms with van der Waals surface area (Å²) in [7, 11) is 1.80. The van der Waals surface area contributed by atoms with E-state index in [1.807, 2.05) is 67.7 Å². The van der Waals surface area contributed by atoms with Crippen LogP contribution in [0, 0.1) is 6.92 Å². The van der Waals surface area contributed by atoms with E-state index in [9.17, 15) is 9.59 Å². The van der Waals surface area contributed by atoms with Crippen LogP contribution in [0.4, 0.5) is 5.69 Å². The quantitative estimate of drug-likeness (QED) is 0.587. The van der Waals surface area contributed by atoms with Gasteiger partial charge in [0.2, 0.25) is 5.91 Å². The Morgan fingerprint density at radius 1 is 1.07 bits per heavy atom. The van der Waals surface area contributed by atoms with E-state index in [0.29, 0.717) is 11.4 Å². The van der Waals surface area contributed by atoms with Crippen molar-refractivity contribution in [2.45, 2.75) is 13.3 Å². The molecule has 2 heterocycles. The van der Waals surface area contributed by atoms with E-state index in [1.165, 1.54) is 0 Å². The number of anilines is 1. The Labute approximate surface area is 156 Å². The summed E-state index contributed by atoms with van der Waals surface area (Å²) in [6.07, 6.45) is 2.04. The molecule has 0 radical (unpaired) electrons. The standard InChI is InChI=1S/C21H20N4O2/c1-14-20(21(27)25(24(14)2)16-8-4-3-5-9-16)23-19(26)12-15-13-22-18-11-7-6-10-17(15)18/h3-11,13,22H,12H2,1-2H3,(H,23,26). The van der Waals surface area contributed by atoms with Crippen LogP contribution >= 0.6 is 0 Å². The minimum Gasteiger partial charge on any atom is -0.361 e. The molecule has 0 atom stereocenters. The Kier molecular flexibility index (Phi) is 4.16. The van der Waals surface area contributed by atoms with Crippen LogP contribution in [0.3, 0.4) is 0 Å². The van der Waals surface area contributed by atoms with Crippen LogP contribution in [0.25, 0.3) is 16.6 Å². The molecule has 0 aliphatic rings. The predicted molar refractivity (Wildman–Crippen MR) is 106 cm³/mol. The van der Waals surface area contributed by atoms with Gasteiger partial charge in [-0.25, -0.2) is 4.68 Å². The maximum Gasteiger partial charge on any atom is 0.295 e. The molecule has 0 spiro atoms. The first-order valence-corrected chi connectivity index (χ1v) is 8.75. The number of nitrogens with one attached hydrogen (secondary N) is 2. The van der Waals surface area contributed by atoms with E-state index in [0.717, 1.165) is 22.2 Å². The zero-order valence-corrected chi connectivity index (χ0v) is 15.2. The number of carbonyl (C=O) groups is 1. The molecule has 0 saturated heterocycles. The Bertz CT molecular complexity index is 1180. The van der Waals surface area contributed by atoms with Gasteiger partial charge in [0.1, 0.15) is 5.69 Å². The number of benzene rings is 2. The van der Waals surface area contributed by atoms with Crippen molar-refractivity contribution in [1.82, 2.24) is 14.3 Å². The second-order valence-corrected chi connectivity index (χ2v) is 6.52. The molecule has 2 aromatic heterocycles. The van der Waals surface area contributed by atoms with Crippen LogP contribution in [0.5, 0.6) is 0 Å². The summed E-state index contributed by atoms with van der Waals surface area (Å²) in [5, 5.41) is 3.82. The lowest BCUT2D eigenvalue weighted by Crippen LogP contribution is -2.23. The van der Waals surface area contributed by atoms with Crippen LogP contribution < -0.4 is 10.9 Å². The molecule has 1 amide bonds. The topological polar surface area (TPSA) is 71.8 Å². The SMILES string of the molecule is Cc1c(NC(=O)Cc2c[nH]c3ccccc23)c(=O)n(-c2ccccc2)n1C. The van der Waals surface area contributed by atoms with Gasteiger partial charge in [-0.2, -0.15) is 0 Å². The number of rotatable bonds is 4. The predicted octanol–water partition coefficient (Wildman–Crippen LogP) is 3.15. The lowest BCUT2D eigenvalue weighted by Gasteiger charge is -2.07.